The van der Waals surface area contributed by atoms with E-state index in [1.54, 1.807) is 6.07 Å². The zero-order valence-corrected chi connectivity index (χ0v) is 17.3. The Morgan fingerprint density at radius 2 is 1.67 bits per heavy atom. The van der Waals surface area contributed by atoms with Crippen molar-refractivity contribution in [2.75, 3.05) is 5.32 Å². The van der Waals surface area contributed by atoms with Gasteiger partial charge in [0.05, 0.1) is 11.1 Å². The number of carbonyl (C=O) groups is 1. The molecule has 0 unspecified atom stereocenters. The van der Waals surface area contributed by atoms with E-state index >= 15 is 0 Å². The lowest BCUT2D eigenvalue weighted by atomic mass is 10.2. The molecule has 166 valence electrons. The number of halogens is 4. The SMILES string of the molecule is Cn1ccc2cc(NC(=O)c3cc4cc(F)ccc4n3-c3cccc(C(F)(F)F)c3)ccc21. The molecule has 4 nitrogen and oxygen atoms in total. The Hall–Kier alpha value is -4.07. The molecule has 0 saturated carbocycles. The average molecular weight is 451 g/mol. The van der Waals surface area contributed by atoms with E-state index in [0.29, 0.717) is 16.6 Å². The first-order chi connectivity index (χ1) is 15.7. The van der Waals surface area contributed by atoms with Crippen LogP contribution in [-0.2, 0) is 13.2 Å². The first-order valence-corrected chi connectivity index (χ1v) is 10.1. The van der Waals surface area contributed by atoms with Crippen molar-refractivity contribution in [3.8, 4) is 5.69 Å². The number of nitrogens with one attached hydrogen (secondary N) is 1. The van der Waals surface area contributed by atoms with Gasteiger partial charge in [-0.05, 0) is 66.7 Å². The van der Waals surface area contributed by atoms with Crippen LogP contribution in [-0.4, -0.2) is 15.0 Å². The van der Waals surface area contributed by atoms with Gasteiger partial charge in [0.25, 0.3) is 5.91 Å². The molecule has 0 radical (unpaired) electrons. The second-order valence-electron chi connectivity index (χ2n) is 7.77. The van der Waals surface area contributed by atoms with Crippen molar-refractivity contribution >= 4 is 33.4 Å². The number of fused-ring (bicyclic) bond motifs is 2. The molecule has 5 aromatic rings. The smallest absolute Gasteiger partial charge is 0.351 e. The Morgan fingerprint density at radius 3 is 2.45 bits per heavy atom. The molecule has 8 heteroatoms. The topological polar surface area (TPSA) is 39.0 Å². The number of hydrogen-bond acceptors (Lipinski definition) is 1. The van der Waals surface area contributed by atoms with Gasteiger partial charge < -0.3 is 14.5 Å². The summed E-state index contributed by atoms with van der Waals surface area (Å²) in [6, 6.07) is 17.4. The number of hydrogen-bond donors (Lipinski definition) is 1. The molecule has 33 heavy (non-hydrogen) atoms. The summed E-state index contributed by atoms with van der Waals surface area (Å²) in [4.78, 5) is 13.2. The third-order valence-corrected chi connectivity index (χ3v) is 5.57. The second-order valence-corrected chi connectivity index (χ2v) is 7.77. The number of amides is 1. The van der Waals surface area contributed by atoms with Crippen molar-refractivity contribution in [1.29, 1.82) is 0 Å². The van der Waals surface area contributed by atoms with Crippen LogP contribution in [0.2, 0.25) is 0 Å². The largest absolute Gasteiger partial charge is 0.416 e. The maximum Gasteiger partial charge on any atom is 0.416 e. The normalized spacial score (nSPS) is 11.9. The van der Waals surface area contributed by atoms with Crippen LogP contribution in [0.25, 0.3) is 27.5 Å². The van der Waals surface area contributed by atoms with Crippen LogP contribution in [0, 0.1) is 5.82 Å². The standard InChI is InChI=1S/C25H17F4N3O/c1-31-10-9-15-12-19(6-8-21(15)31)30-24(33)23-13-16-11-18(26)5-7-22(16)32(23)20-4-2-3-17(14-20)25(27,28)29/h2-14H,1H3,(H,30,33). The number of rotatable bonds is 3. The molecule has 5 rings (SSSR count). The van der Waals surface area contributed by atoms with Crippen molar-refractivity contribution < 1.29 is 22.4 Å². The van der Waals surface area contributed by atoms with Gasteiger partial charge in [-0.2, -0.15) is 13.2 Å². The number of carbonyl (C=O) groups excluding carboxylic acids is 1. The van der Waals surface area contributed by atoms with Crippen molar-refractivity contribution in [2.24, 2.45) is 7.05 Å². The molecule has 1 N–H and O–H groups in total. The fourth-order valence-corrected chi connectivity index (χ4v) is 4.01. The third-order valence-electron chi connectivity index (χ3n) is 5.57. The molecule has 0 aliphatic carbocycles. The number of nitrogens with zero attached hydrogens (tertiary/aromatic N) is 2. The van der Waals surface area contributed by atoms with Gasteiger partial charge in [0.1, 0.15) is 11.5 Å². The number of aromatic nitrogens is 2. The lowest BCUT2D eigenvalue weighted by molar-refractivity contribution is -0.137. The zero-order valence-electron chi connectivity index (χ0n) is 17.3. The van der Waals surface area contributed by atoms with Gasteiger partial charge in [-0.25, -0.2) is 4.39 Å². The molecular weight excluding hydrogens is 434 g/mol. The highest BCUT2D eigenvalue weighted by molar-refractivity contribution is 6.07. The van der Waals surface area contributed by atoms with E-state index in [1.807, 2.05) is 36.0 Å². The number of anilines is 1. The molecule has 0 saturated heterocycles. The molecule has 0 aliphatic heterocycles. The lowest BCUT2D eigenvalue weighted by Crippen LogP contribution is -2.16. The molecule has 0 spiro atoms. The minimum absolute atomic E-state index is 0.0862. The van der Waals surface area contributed by atoms with Gasteiger partial charge in [0.2, 0.25) is 0 Å². The number of aryl methyl sites for hydroxylation is 1. The first-order valence-electron chi connectivity index (χ1n) is 10.1. The summed E-state index contributed by atoms with van der Waals surface area (Å²) in [5.74, 6) is -1.04. The molecule has 2 aromatic heterocycles. The van der Waals surface area contributed by atoms with E-state index in [4.69, 9.17) is 0 Å². The van der Waals surface area contributed by atoms with E-state index < -0.39 is 23.5 Å². The van der Waals surface area contributed by atoms with Crippen molar-refractivity contribution in [3.63, 3.8) is 0 Å². The predicted molar refractivity (Wildman–Crippen MR) is 119 cm³/mol. The Labute approximate surface area is 185 Å². The van der Waals surface area contributed by atoms with Crippen molar-refractivity contribution in [2.45, 2.75) is 6.18 Å². The van der Waals surface area contributed by atoms with Crippen LogP contribution in [0.3, 0.4) is 0 Å². The molecule has 2 heterocycles. The van der Waals surface area contributed by atoms with Gasteiger partial charge in [-0.15, -0.1) is 0 Å². The fraction of sp³-hybridized carbons (Fsp3) is 0.0800. The van der Waals surface area contributed by atoms with Gasteiger partial charge >= 0.3 is 6.18 Å². The molecule has 0 atom stereocenters. The number of benzene rings is 3. The highest BCUT2D eigenvalue weighted by Crippen LogP contribution is 2.33. The summed E-state index contributed by atoms with van der Waals surface area (Å²) in [5, 5.41) is 4.13. The van der Waals surface area contributed by atoms with E-state index in [-0.39, 0.29) is 11.4 Å². The second kappa shape index (κ2) is 7.51. The van der Waals surface area contributed by atoms with Crippen LogP contribution in [0.4, 0.5) is 23.2 Å². The minimum Gasteiger partial charge on any atom is -0.351 e. The van der Waals surface area contributed by atoms with Crippen LogP contribution in [0.1, 0.15) is 16.1 Å². The summed E-state index contributed by atoms with van der Waals surface area (Å²) in [6.07, 6.45) is -2.64. The molecule has 0 fully saturated rings. The van der Waals surface area contributed by atoms with Crippen LogP contribution >= 0.6 is 0 Å². The summed E-state index contributed by atoms with van der Waals surface area (Å²) in [6.45, 7) is 0. The molecule has 1 amide bonds. The quantitative estimate of drug-likeness (QED) is 0.311. The van der Waals surface area contributed by atoms with Crippen LogP contribution < -0.4 is 5.32 Å². The predicted octanol–water partition coefficient (Wildman–Crippen LogP) is 6.53. The summed E-state index contributed by atoms with van der Waals surface area (Å²) >= 11 is 0. The van der Waals surface area contributed by atoms with Gasteiger partial charge in [0, 0.05) is 40.9 Å². The third kappa shape index (κ3) is 3.73. The first kappa shape index (κ1) is 20.8. The highest BCUT2D eigenvalue weighted by Gasteiger charge is 2.31. The lowest BCUT2D eigenvalue weighted by Gasteiger charge is -2.14. The molecule has 3 aromatic carbocycles. The maximum atomic E-state index is 13.8. The molecular formula is C25H17F4N3O. The van der Waals surface area contributed by atoms with E-state index in [9.17, 15) is 22.4 Å². The van der Waals surface area contributed by atoms with E-state index in [2.05, 4.69) is 5.32 Å². The Bertz CT molecular complexity index is 1530. The van der Waals surface area contributed by atoms with E-state index in [1.165, 1.54) is 41.0 Å². The Morgan fingerprint density at radius 1 is 0.879 bits per heavy atom. The zero-order chi connectivity index (χ0) is 23.3. The summed E-state index contributed by atoms with van der Waals surface area (Å²) < 4.78 is 57.1. The molecule has 0 bridgehead atoms. The summed E-state index contributed by atoms with van der Waals surface area (Å²) in [7, 11) is 1.91. The average Bonchev–Trinajstić information content (AvgIpc) is 3.33. The Kier molecular flexibility index (Phi) is 4.74. The fourth-order valence-electron chi connectivity index (χ4n) is 4.01. The van der Waals surface area contributed by atoms with Gasteiger partial charge in [-0.3, -0.25) is 4.79 Å². The van der Waals surface area contributed by atoms with Gasteiger partial charge in [-0.1, -0.05) is 6.07 Å². The van der Waals surface area contributed by atoms with Gasteiger partial charge in [0.15, 0.2) is 0 Å². The van der Waals surface area contributed by atoms with E-state index in [0.717, 1.165) is 23.0 Å². The van der Waals surface area contributed by atoms with Crippen molar-refractivity contribution in [3.05, 3.63) is 96.1 Å². The van der Waals surface area contributed by atoms with Crippen LogP contribution in [0.5, 0.6) is 0 Å². The monoisotopic (exact) mass is 451 g/mol. The maximum absolute atomic E-state index is 13.8. The van der Waals surface area contributed by atoms with Crippen molar-refractivity contribution in [1.82, 2.24) is 9.13 Å². The molecule has 0 aliphatic rings. The highest BCUT2D eigenvalue weighted by atomic mass is 19.4. The van der Waals surface area contributed by atoms with Crippen LogP contribution in [0.15, 0.2) is 79.0 Å². The number of alkyl halides is 3. The minimum atomic E-state index is -4.54. The summed E-state index contributed by atoms with van der Waals surface area (Å²) in [5.41, 5.74) is 1.33. The Balaban J connectivity index is 1.62.